The first-order valence-electron chi connectivity index (χ1n) is 5.41. The highest BCUT2D eigenvalue weighted by atomic mass is 15.1. The van der Waals surface area contributed by atoms with Gasteiger partial charge in [-0.25, -0.2) is 15.0 Å². The van der Waals surface area contributed by atoms with Crippen LogP contribution < -0.4 is 5.32 Å². The van der Waals surface area contributed by atoms with Crippen molar-refractivity contribution in [1.29, 1.82) is 0 Å². The molecular formula is C11H13N5. The molecular weight excluding hydrogens is 202 g/mol. The number of imidazole rings is 1. The highest BCUT2D eigenvalue weighted by molar-refractivity contribution is 5.67. The zero-order valence-electron chi connectivity index (χ0n) is 9.09. The number of aromatic nitrogens is 4. The van der Waals surface area contributed by atoms with E-state index in [9.17, 15) is 0 Å². The van der Waals surface area contributed by atoms with Crippen LogP contribution in [0.1, 0.15) is 18.9 Å². The second kappa shape index (κ2) is 3.59. The zero-order chi connectivity index (χ0) is 11.0. The number of hydrogen-bond acceptors (Lipinski definition) is 4. The summed E-state index contributed by atoms with van der Waals surface area (Å²) in [6.45, 7) is 0. The van der Waals surface area contributed by atoms with Crippen molar-refractivity contribution >= 4 is 5.82 Å². The molecule has 0 radical (unpaired) electrons. The lowest BCUT2D eigenvalue weighted by atomic mass is 10.3. The maximum atomic E-state index is 4.38. The Morgan fingerprint density at radius 1 is 1.31 bits per heavy atom. The molecule has 2 heterocycles. The van der Waals surface area contributed by atoms with E-state index >= 15 is 0 Å². The van der Waals surface area contributed by atoms with E-state index in [2.05, 4.69) is 24.8 Å². The van der Waals surface area contributed by atoms with Crippen LogP contribution in [0.2, 0.25) is 0 Å². The van der Waals surface area contributed by atoms with E-state index in [1.807, 2.05) is 19.6 Å². The van der Waals surface area contributed by atoms with Crippen LogP contribution >= 0.6 is 0 Å². The lowest BCUT2D eigenvalue weighted by Gasteiger charge is -2.08. The van der Waals surface area contributed by atoms with Crippen LogP contribution in [-0.4, -0.2) is 26.6 Å². The average Bonchev–Trinajstić information content (AvgIpc) is 3.07. The Labute approximate surface area is 93.6 Å². The van der Waals surface area contributed by atoms with Crippen molar-refractivity contribution in [2.75, 3.05) is 12.4 Å². The van der Waals surface area contributed by atoms with Gasteiger partial charge in [0.05, 0.1) is 18.2 Å². The number of anilines is 1. The monoisotopic (exact) mass is 215 g/mol. The summed E-state index contributed by atoms with van der Waals surface area (Å²) in [4.78, 5) is 12.8. The predicted octanol–water partition coefficient (Wildman–Crippen LogP) is 1.72. The second-order valence-corrected chi connectivity index (χ2v) is 3.92. The molecule has 0 saturated heterocycles. The van der Waals surface area contributed by atoms with Gasteiger partial charge in [0.1, 0.15) is 5.69 Å². The first-order chi connectivity index (χ1) is 7.90. The zero-order valence-corrected chi connectivity index (χ0v) is 9.09. The summed E-state index contributed by atoms with van der Waals surface area (Å²) in [7, 11) is 1.85. The third-order valence-electron chi connectivity index (χ3n) is 2.78. The van der Waals surface area contributed by atoms with E-state index in [0.29, 0.717) is 6.04 Å². The van der Waals surface area contributed by atoms with Crippen LogP contribution in [0.4, 0.5) is 5.82 Å². The van der Waals surface area contributed by atoms with Gasteiger partial charge < -0.3 is 9.88 Å². The van der Waals surface area contributed by atoms with Crippen molar-refractivity contribution < 1.29 is 0 Å². The standard InChI is InChI=1S/C11H13N5/c1-12-11-10(14-4-5-15-11)9-6-13-7-16(9)8-2-3-8/h4-8H,2-3H2,1H3,(H,12,15). The third-order valence-corrected chi connectivity index (χ3v) is 2.78. The molecule has 1 N–H and O–H groups in total. The fraction of sp³-hybridized carbons (Fsp3) is 0.364. The third kappa shape index (κ3) is 1.44. The van der Waals surface area contributed by atoms with E-state index < -0.39 is 0 Å². The summed E-state index contributed by atoms with van der Waals surface area (Å²) < 4.78 is 2.19. The quantitative estimate of drug-likeness (QED) is 0.847. The first-order valence-corrected chi connectivity index (χ1v) is 5.41. The molecule has 0 spiro atoms. The van der Waals surface area contributed by atoms with Gasteiger partial charge in [0.15, 0.2) is 5.82 Å². The molecule has 5 heteroatoms. The van der Waals surface area contributed by atoms with Crippen molar-refractivity contribution in [3.8, 4) is 11.4 Å². The SMILES string of the molecule is CNc1nccnc1-c1cncn1C1CC1. The molecule has 0 unspecified atom stereocenters. The molecule has 0 aromatic carbocycles. The minimum absolute atomic E-state index is 0.601. The Bertz CT molecular complexity index is 501. The topological polar surface area (TPSA) is 55.6 Å². The number of hydrogen-bond donors (Lipinski definition) is 1. The predicted molar refractivity (Wildman–Crippen MR) is 61.1 cm³/mol. The largest absolute Gasteiger partial charge is 0.371 e. The minimum atomic E-state index is 0.601. The second-order valence-electron chi connectivity index (χ2n) is 3.92. The maximum absolute atomic E-state index is 4.38. The summed E-state index contributed by atoms with van der Waals surface area (Å²) in [5.41, 5.74) is 1.91. The molecule has 82 valence electrons. The first kappa shape index (κ1) is 9.33. The molecule has 0 amide bonds. The van der Waals surface area contributed by atoms with Crippen LogP contribution in [-0.2, 0) is 0 Å². The van der Waals surface area contributed by atoms with Crippen molar-refractivity contribution in [2.45, 2.75) is 18.9 Å². The van der Waals surface area contributed by atoms with Crippen LogP contribution in [0.3, 0.4) is 0 Å². The summed E-state index contributed by atoms with van der Waals surface area (Å²) in [6.07, 6.45) is 9.59. The Morgan fingerprint density at radius 3 is 2.88 bits per heavy atom. The molecule has 1 fully saturated rings. The summed E-state index contributed by atoms with van der Waals surface area (Å²) in [6, 6.07) is 0.601. The van der Waals surface area contributed by atoms with Crippen LogP contribution in [0, 0.1) is 0 Å². The van der Waals surface area contributed by atoms with E-state index in [-0.39, 0.29) is 0 Å². The Balaban J connectivity index is 2.10. The van der Waals surface area contributed by atoms with E-state index in [1.165, 1.54) is 12.8 Å². The van der Waals surface area contributed by atoms with Gasteiger partial charge in [0.25, 0.3) is 0 Å². The Kier molecular flexibility index (Phi) is 2.09. The van der Waals surface area contributed by atoms with Gasteiger partial charge in [0, 0.05) is 25.5 Å². The van der Waals surface area contributed by atoms with E-state index in [4.69, 9.17) is 0 Å². The van der Waals surface area contributed by atoms with Crippen molar-refractivity contribution in [3.05, 3.63) is 24.9 Å². The molecule has 1 aliphatic rings. The molecule has 0 atom stereocenters. The van der Waals surface area contributed by atoms with Crippen LogP contribution in [0.5, 0.6) is 0 Å². The lowest BCUT2D eigenvalue weighted by molar-refractivity contribution is 0.745. The molecule has 2 aromatic heterocycles. The Morgan fingerprint density at radius 2 is 2.12 bits per heavy atom. The van der Waals surface area contributed by atoms with Crippen molar-refractivity contribution in [2.24, 2.45) is 0 Å². The van der Waals surface area contributed by atoms with Crippen LogP contribution in [0.25, 0.3) is 11.4 Å². The van der Waals surface area contributed by atoms with Gasteiger partial charge in [-0.3, -0.25) is 0 Å². The number of nitrogens with zero attached hydrogens (tertiary/aromatic N) is 4. The molecule has 16 heavy (non-hydrogen) atoms. The van der Waals surface area contributed by atoms with Crippen molar-refractivity contribution in [1.82, 2.24) is 19.5 Å². The fourth-order valence-electron chi connectivity index (χ4n) is 1.84. The summed E-state index contributed by atoms with van der Waals surface area (Å²) in [5.74, 6) is 0.796. The average molecular weight is 215 g/mol. The highest BCUT2D eigenvalue weighted by Crippen LogP contribution is 2.38. The van der Waals surface area contributed by atoms with Gasteiger partial charge in [-0.15, -0.1) is 0 Å². The molecule has 1 aliphatic carbocycles. The highest BCUT2D eigenvalue weighted by Gasteiger charge is 2.26. The smallest absolute Gasteiger partial charge is 0.153 e. The van der Waals surface area contributed by atoms with Gasteiger partial charge in [0.2, 0.25) is 0 Å². The molecule has 3 rings (SSSR count). The van der Waals surface area contributed by atoms with Gasteiger partial charge in [-0.1, -0.05) is 0 Å². The maximum Gasteiger partial charge on any atom is 0.153 e. The molecule has 2 aromatic rings. The minimum Gasteiger partial charge on any atom is -0.371 e. The van der Waals surface area contributed by atoms with Gasteiger partial charge >= 0.3 is 0 Å². The number of nitrogens with one attached hydrogen (secondary N) is 1. The van der Waals surface area contributed by atoms with E-state index in [1.54, 1.807) is 12.4 Å². The summed E-state index contributed by atoms with van der Waals surface area (Å²) >= 11 is 0. The van der Waals surface area contributed by atoms with Gasteiger partial charge in [-0.05, 0) is 12.8 Å². The van der Waals surface area contributed by atoms with Gasteiger partial charge in [-0.2, -0.15) is 0 Å². The fourth-order valence-corrected chi connectivity index (χ4v) is 1.84. The molecule has 0 bridgehead atoms. The molecule has 0 aliphatic heterocycles. The molecule has 1 saturated carbocycles. The normalized spacial score (nSPS) is 15.1. The molecule has 5 nitrogen and oxygen atoms in total. The van der Waals surface area contributed by atoms with Crippen molar-refractivity contribution in [3.63, 3.8) is 0 Å². The summed E-state index contributed by atoms with van der Waals surface area (Å²) in [5, 5.41) is 3.06. The van der Waals surface area contributed by atoms with Crippen LogP contribution in [0.15, 0.2) is 24.9 Å². The number of rotatable bonds is 3. The van der Waals surface area contributed by atoms with E-state index in [0.717, 1.165) is 17.2 Å². The Hall–Kier alpha value is -1.91. The lowest BCUT2D eigenvalue weighted by Crippen LogP contribution is -2.01.